The summed E-state index contributed by atoms with van der Waals surface area (Å²) >= 11 is 0. The van der Waals surface area contributed by atoms with Gasteiger partial charge in [0.05, 0.1) is 17.2 Å². The van der Waals surface area contributed by atoms with Crippen LogP contribution in [0.5, 0.6) is 0 Å². The fourth-order valence-corrected chi connectivity index (χ4v) is 2.71. The highest BCUT2D eigenvalue weighted by Crippen LogP contribution is 2.29. The topological polar surface area (TPSA) is 73.1 Å². The molecule has 1 saturated carbocycles. The van der Waals surface area contributed by atoms with Crippen LogP contribution in [0.2, 0.25) is 0 Å². The van der Waals surface area contributed by atoms with E-state index in [0.29, 0.717) is 23.4 Å². The Morgan fingerprint density at radius 2 is 2.10 bits per heavy atom. The molecule has 1 aromatic carbocycles. The van der Waals surface area contributed by atoms with Crippen molar-refractivity contribution in [3.05, 3.63) is 29.3 Å². The minimum atomic E-state index is -0.699. The number of nitrogens with one attached hydrogen (secondary N) is 1. The van der Waals surface area contributed by atoms with Crippen molar-refractivity contribution >= 4 is 11.5 Å². The van der Waals surface area contributed by atoms with Crippen molar-refractivity contribution in [3.63, 3.8) is 0 Å². The van der Waals surface area contributed by atoms with Crippen LogP contribution in [-0.2, 0) is 0 Å². The van der Waals surface area contributed by atoms with Gasteiger partial charge in [0.2, 0.25) is 0 Å². The number of ketones is 1. The largest absolute Gasteiger partial charge is 0.388 e. The van der Waals surface area contributed by atoms with Crippen LogP contribution in [0.25, 0.3) is 0 Å². The third-order valence-electron chi connectivity index (χ3n) is 3.92. The molecule has 0 amide bonds. The number of carbonyl (C=O) groups is 1. The van der Waals surface area contributed by atoms with Gasteiger partial charge in [-0.1, -0.05) is 19.3 Å². The van der Waals surface area contributed by atoms with E-state index in [1.807, 2.05) is 0 Å². The van der Waals surface area contributed by atoms with E-state index in [9.17, 15) is 9.90 Å². The first kappa shape index (κ1) is 14.5. The fourth-order valence-electron chi connectivity index (χ4n) is 2.71. The highest BCUT2D eigenvalue weighted by molar-refractivity contribution is 5.99. The molecule has 0 unspecified atom stereocenters. The molecule has 0 spiro atoms. The molecule has 2 rings (SSSR count). The molecule has 1 aromatic rings. The quantitative estimate of drug-likeness (QED) is 0.827. The number of nitriles is 1. The first-order valence-corrected chi connectivity index (χ1v) is 7.05. The standard InChI is InChI=1S/C16H20N2O2/c1-12(19)14-6-5-13(10-17)9-15(14)18-11-16(20)7-3-2-4-8-16/h5-6,9,18,20H,2-4,7-8,11H2,1H3. The van der Waals surface area contributed by atoms with Gasteiger partial charge in [0.15, 0.2) is 5.78 Å². The average molecular weight is 272 g/mol. The molecule has 0 atom stereocenters. The highest BCUT2D eigenvalue weighted by atomic mass is 16.3. The number of anilines is 1. The lowest BCUT2D eigenvalue weighted by atomic mass is 9.85. The Morgan fingerprint density at radius 3 is 2.70 bits per heavy atom. The van der Waals surface area contributed by atoms with Gasteiger partial charge >= 0.3 is 0 Å². The predicted octanol–water partition coefficient (Wildman–Crippen LogP) is 2.87. The number of carbonyl (C=O) groups excluding carboxylic acids is 1. The molecule has 4 nitrogen and oxygen atoms in total. The molecule has 0 bridgehead atoms. The van der Waals surface area contributed by atoms with E-state index in [4.69, 9.17) is 5.26 Å². The van der Waals surface area contributed by atoms with Crippen LogP contribution in [0, 0.1) is 11.3 Å². The second kappa shape index (κ2) is 6.06. The number of aliphatic hydroxyl groups is 1. The second-order valence-corrected chi connectivity index (χ2v) is 5.57. The van der Waals surface area contributed by atoms with Crippen molar-refractivity contribution < 1.29 is 9.90 Å². The number of hydrogen-bond acceptors (Lipinski definition) is 4. The molecule has 1 fully saturated rings. The summed E-state index contributed by atoms with van der Waals surface area (Å²) in [5.74, 6) is -0.0485. The Labute approximate surface area is 119 Å². The molecule has 0 radical (unpaired) electrons. The number of Topliss-reactive ketones (excluding diaryl/α,β-unsaturated/α-hetero) is 1. The Hall–Kier alpha value is -1.86. The maximum Gasteiger partial charge on any atom is 0.161 e. The van der Waals surface area contributed by atoms with Crippen molar-refractivity contribution in [3.8, 4) is 6.07 Å². The van der Waals surface area contributed by atoms with Crippen molar-refractivity contribution in [2.45, 2.75) is 44.6 Å². The molecule has 1 aliphatic carbocycles. The molecule has 0 heterocycles. The van der Waals surface area contributed by atoms with Gasteiger partial charge in [-0.3, -0.25) is 4.79 Å². The van der Waals surface area contributed by atoms with E-state index in [-0.39, 0.29) is 5.78 Å². The van der Waals surface area contributed by atoms with Crippen LogP contribution in [-0.4, -0.2) is 23.0 Å². The summed E-state index contributed by atoms with van der Waals surface area (Å²) < 4.78 is 0. The minimum absolute atomic E-state index is 0.0485. The molecule has 106 valence electrons. The maximum atomic E-state index is 11.6. The summed E-state index contributed by atoms with van der Waals surface area (Å²) in [5.41, 5.74) is 1.00. The normalized spacial score (nSPS) is 17.2. The van der Waals surface area contributed by atoms with Crippen LogP contribution in [0.3, 0.4) is 0 Å². The van der Waals surface area contributed by atoms with Gasteiger partial charge < -0.3 is 10.4 Å². The highest BCUT2D eigenvalue weighted by Gasteiger charge is 2.29. The third-order valence-corrected chi connectivity index (χ3v) is 3.92. The summed E-state index contributed by atoms with van der Waals surface area (Å²) in [6.07, 6.45) is 4.82. The summed E-state index contributed by atoms with van der Waals surface area (Å²) in [5, 5.41) is 22.6. The average Bonchev–Trinajstić information content (AvgIpc) is 2.45. The predicted molar refractivity (Wildman–Crippen MR) is 77.7 cm³/mol. The van der Waals surface area contributed by atoms with Crippen molar-refractivity contribution in [2.75, 3.05) is 11.9 Å². The summed E-state index contributed by atoms with van der Waals surface area (Å²) in [7, 11) is 0. The Kier molecular flexibility index (Phi) is 4.41. The van der Waals surface area contributed by atoms with Gasteiger partial charge in [-0.25, -0.2) is 0 Å². The van der Waals surface area contributed by atoms with Gasteiger partial charge in [0.1, 0.15) is 0 Å². The van der Waals surface area contributed by atoms with E-state index in [1.165, 1.54) is 13.3 Å². The summed E-state index contributed by atoms with van der Waals surface area (Å²) in [4.78, 5) is 11.6. The lowest BCUT2D eigenvalue weighted by Crippen LogP contribution is -2.39. The molecule has 0 aromatic heterocycles. The van der Waals surface area contributed by atoms with E-state index < -0.39 is 5.60 Å². The zero-order valence-electron chi connectivity index (χ0n) is 11.8. The minimum Gasteiger partial charge on any atom is -0.388 e. The lowest BCUT2D eigenvalue weighted by Gasteiger charge is -2.32. The monoisotopic (exact) mass is 272 g/mol. The van der Waals surface area contributed by atoms with Gasteiger partial charge in [-0.05, 0) is 38.0 Å². The molecule has 20 heavy (non-hydrogen) atoms. The van der Waals surface area contributed by atoms with Gasteiger partial charge in [0, 0.05) is 17.8 Å². The molecule has 1 aliphatic rings. The van der Waals surface area contributed by atoms with E-state index >= 15 is 0 Å². The first-order chi connectivity index (χ1) is 9.54. The summed E-state index contributed by atoms with van der Waals surface area (Å²) in [6, 6.07) is 7.03. The summed E-state index contributed by atoms with van der Waals surface area (Å²) in [6.45, 7) is 1.92. The van der Waals surface area contributed by atoms with Gasteiger partial charge in [-0.15, -0.1) is 0 Å². The Balaban J connectivity index is 2.15. The van der Waals surface area contributed by atoms with Gasteiger partial charge in [-0.2, -0.15) is 5.26 Å². The Bertz CT molecular complexity index is 540. The van der Waals surface area contributed by atoms with Crippen molar-refractivity contribution in [1.82, 2.24) is 0 Å². The van der Waals surface area contributed by atoms with Crippen LogP contribution in [0.15, 0.2) is 18.2 Å². The first-order valence-electron chi connectivity index (χ1n) is 7.05. The second-order valence-electron chi connectivity index (χ2n) is 5.57. The van der Waals surface area contributed by atoms with Crippen molar-refractivity contribution in [2.24, 2.45) is 0 Å². The molecular formula is C16H20N2O2. The third kappa shape index (κ3) is 3.37. The van der Waals surface area contributed by atoms with Gasteiger partial charge in [0.25, 0.3) is 0 Å². The number of benzene rings is 1. The number of nitrogens with zero attached hydrogens (tertiary/aromatic N) is 1. The number of hydrogen-bond donors (Lipinski definition) is 2. The van der Waals surface area contributed by atoms with Crippen LogP contribution in [0.4, 0.5) is 5.69 Å². The SMILES string of the molecule is CC(=O)c1ccc(C#N)cc1NCC1(O)CCCCC1. The zero-order chi connectivity index (χ0) is 14.6. The molecule has 0 aliphatic heterocycles. The van der Waals surface area contributed by atoms with Crippen LogP contribution >= 0.6 is 0 Å². The van der Waals surface area contributed by atoms with Crippen LogP contribution in [0.1, 0.15) is 54.9 Å². The smallest absolute Gasteiger partial charge is 0.161 e. The molecule has 2 N–H and O–H groups in total. The fraction of sp³-hybridized carbons (Fsp3) is 0.500. The zero-order valence-corrected chi connectivity index (χ0v) is 11.8. The van der Waals surface area contributed by atoms with Crippen LogP contribution < -0.4 is 5.32 Å². The maximum absolute atomic E-state index is 11.6. The lowest BCUT2D eigenvalue weighted by molar-refractivity contribution is 0.0167. The molecule has 0 saturated heterocycles. The Morgan fingerprint density at radius 1 is 1.40 bits per heavy atom. The van der Waals surface area contributed by atoms with E-state index in [0.717, 1.165) is 25.7 Å². The molecule has 4 heteroatoms. The van der Waals surface area contributed by atoms with Crippen molar-refractivity contribution in [1.29, 1.82) is 5.26 Å². The van der Waals surface area contributed by atoms with E-state index in [1.54, 1.807) is 18.2 Å². The van der Waals surface area contributed by atoms with E-state index in [2.05, 4.69) is 11.4 Å². The molecular weight excluding hydrogens is 252 g/mol. The number of rotatable bonds is 4.